The molecule has 4 nitrogen and oxygen atoms in total. The van der Waals surface area contributed by atoms with E-state index in [-0.39, 0.29) is 0 Å². The summed E-state index contributed by atoms with van der Waals surface area (Å²) in [6.07, 6.45) is -1.23. The Morgan fingerprint density at radius 3 is 2.56 bits per heavy atom. The normalized spacial score (nSPS) is 11.0. The van der Waals surface area contributed by atoms with Gasteiger partial charge in [-0.15, -0.1) is 0 Å². The molecule has 0 aromatic heterocycles. The predicted octanol–water partition coefficient (Wildman–Crippen LogP) is -0.320. The fraction of sp³-hybridized carbons (Fsp3) is 0.667. The molecule has 0 bridgehead atoms. The van der Waals surface area contributed by atoms with Gasteiger partial charge in [-0.2, -0.15) is 0 Å². The lowest BCUT2D eigenvalue weighted by molar-refractivity contribution is 0.141. The first-order valence-corrected chi connectivity index (χ1v) is 6.54. The molecule has 0 aliphatic heterocycles. The third-order valence-corrected chi connectivity index (χ3v) is 4.16. The van der Waals surface area contributed by atoms with Crippen LogP contribution in [-0.4, -0.2) is 30.3 Å². The van der Waals surface area contributed by atoms with Gasteiger partial charge in [0.25, 0.3) is 0 Å². The first-order valence-electron chi connectivity index (χ1n) is 2.60. The highest BCUT2D eigenvalue weighted by Crippen LogP contribution is 1.81. The van der Waals surface area contributed by atoms with Crippen LogP contribution >= 0.6 is 0 Å². The fourth-order valence-electron chi connectivity index (χ4n) is 0.221. The molecule has 0 atom stereocenters. The monoisotopic (exact) mass is 166 g/mol. The van der Waals surface area contributed by atoms with Crippen molar-refractivity contribution in [1.29, 1.82) is 0 Å². The van der Waals surface area contributed by atoms with E-state index in [0.717, 1.165) is 0 Å². The second-order valence-electron chi connectivity index (χ2n) is 1.74. The van der Waals surface area contributed by atoms with Crippen molar-refractivity contribution in [3.63, 3.8) is 0 Å². The molecule has 54 valence electrons. The molecule has 0 amide bonds. The molecule has 0 spiro atoms. The van der Waals surface area contributed by atoms with E-state index in [1.807, 2.05) is 13.1 Å². The Kier molecular flexibility index (Phi) is 4.36. The van der Waals surface area contributed by atoms with E-state index in [1.165, 1.54) is 0 Å². The van der Waals surface area contributed by atoms with E-state index >= 15 is 0 Å². The van der Waals surface area contributed by atoms with Crippen molar-refractivity contribution < 1.29 is 18.4 Å². The van der Waals surface area contributed by atoms with Crippen molar-refractivity contribution in [2.24, 2.45) is 0 Å². The lowest BCUT2D eigenvalue weighted by Gasteiger charge is -2.03. The topological polar surface area (TPSA) is 55.8 Å². The van der Waals surface area contributed by atoms with Gasteiger partial charge in [-0.1, -0.05) is 0 Å². The van der Waals surface area contributed by atoms with E-state index in [9.17, 15) is 4.79 Å². The van der Waals surface area contributed by atoms with Crippen LogP contribution in [0.4, 0.5) is 4.79 Å². The highest BCUT2D eigenvalue weighted by Gasteiger charge is 1.98. The Bertz CT molecular complexity index is 93.8. The third-order valence-electron chi connectivity index (χ3n) is 0.584. The van der Waals surface area contributed by atoms with Crippen LogP contribution in [0, 0.1) is 0 Å². The first kappa shape index (κ1) is 8.66. The van der Waals surface area contributed by atoms with Crippen molar-refractivity contribution >= 4 is 25.2 Å². The lowest BCUT2D eigenvalue weighted by Crippen LogP contribution is -2.16. The van der Waals surface area contributed by atoms with Gasteiger partial charge in [0.2, 0.25) is 0 Å². The molecule has 0 aromatic carbocycles. The number of carboxylic acid groups (broad SMARTS) is 1. The lowest BCUT2D eigenvalue weighted by atomic mass is 11.5. The summed E-state index contributed by atoms with van der Waals surface area (Å²) < 4.78 is 9.25. The summed E-state index contributed by atoms with van der Waals surface area (Å²) in [4.78, 5) is 9.73. The molecule has 6 heteroatoms. The Hall–Kier alpha value is -0.336. The summed E-state index contributed by atoms with van der Waals surface area (Å²) in [7, 11) is -2.28. The maximum absolute atomic E-state index is 9.73. The zero-order valence-electron chi connectivity index (χ0n) is 5.46. The number of hydrogen-bond acceptors (Lipinski definition) is 3. The standard InChI is InChI=1S/C3H10O4Si2/c1-9(2)7-8-6-3(4)5/h9H,8H2,1-2H3,(H,4,5). The van der Waals surface area contributed by atoms with Gasteiger partial charge < -0.3 is 13.6 Å². The minimum atomic E-state index is -1.23. The van der Waals surface area contributed by atoms with E-state index in [2.05, 4.69) is 4.43 Å². The Morgan fingerprint density at radius 2 is 2.22 bits per heavy atom. The van der Waals surface area contributed by atoms with E-state index < -0.39 is 25.2 Å². The van der Waals surface area contributed by atoms with Crippen LogP contribution in [0.2, 0.25) is 13.1 Å². The second-order valence-corrected chi connectivity index (χ2v) is 5.70. The quantitative estimate of drug-likeness (QED) is 0.584. The average molecular weight is 166 g/mol. The first-order chi connectivity index (χ1) is 4.13. The Labute approximate surface area is 57.6 Å². The van der Waals surface area contributed by atoms with Crippen molar-refractivity contribution in [3.8, 4) is 0 Å². The van der Waals surface area contributed by atoms with Crippen LogP contribution in [-0.2, 0) is 8.54 Å². The van der Waals surface area contributed by atoms with Crippen molar-refractivity contribution in [2.75, 3.05) is 0 Å². The van der Waals surface area contributed by atoms with E-state index in [1.54, 1.807) is 0 Å². The number of hydrogen-bond donors (Lipinski definition) is 1. The van der Waals surface area contributed by atoms with Gasteiger partial charge in [-0.25, -0.2) is 4.79 Å². The average Bonchev–Trinajstić information content (AvgIpc) is 1.63. The number of rotatable bonds is 3. The molecule has 0 rings (SSSR count). The summed E-state index contributed by atoms with van der Waals surface area (Å²) in [5, 5.41) is 7.97. The maximum atomic E-state index is 9.73. The predicted molar refractivity (Wildman–Crippen MR) is 37.6 cm³/mol. The molecule has 0 aliphatic carbocycles. The van der Waals surface area contributed by atoms with Gasteiger partial charge >= 0.3 is 16.2 Å². The minimum absolute atomic E-state index is 1.06. The van der Waals surface area contributed by atoms with Gasteiger partial charge in [-0.3, -0.25) is 0 Å². The molecule has 0 saturated heterocycles. The molecule has 0 unspecified atom stereocenters. The number of carbonyl (C=O) groups is 1. The second kappa shape index (κ2) is 4.53. The molecule has 0 radical (unpaired) electrons. The van der Waals surface area contributed by atoms with Gasteiger partial charge in [0.05, 0.1) is 0 Å². The van der Waals surface area contributed by atoms with Crippen LogP contribution in [0.15, 0.2) is 0 Å². The summed E-state index contributed by atoms with van der Waals surface area (Å²) >= 11 is 0. The minimum Gasteiger partial charge on any atom is -0.470 e. The zero-order chi connectivity index (χ0) is 7.28. The largest absolute Gasteiger partial charge is 0.493 e. The molecular weight excluding hydrogens is 156 g/mol. The van der Waals surface area contributed by atoms with Crippen LogP contribution in [0.25, 0.3) is 0 Å². The molecule has 0 aliphatic rings. The molecule has 0 fully saturated rings. The van der Waals surface area contributed by atoms with Crippen molar-refractivity contribution in [2.45, 2.75) is 13.1 Å². The summed E-state index contributed by atoms with van der Waals surface area (Å²) in [5.41, 5.74) is 0. The molecule has 1 N–H and O–H groups in total. The van der Waals surface area contributed by atoms with Gasteiger partial charge in [-0.05, 0) is 13.1 Å². The van der Waals surface area contributed by atoms with Crippen molar-refractivity contribution in [1.82, 2.24) is 0 Å². The van der Waals surface area contributed by atoms with Crippen LogP contribution in [0.3, 0.4) is 0 Å². The SMILES string of the molecule is C[SiH](C)O[SiH2]OC(=O)O. The molecule has 0 aromatic rings. The smallest absolute Gasteiger partial charge is 0.470 e. The summed E-state index contributed by atoms with van der Waals surface area (Å²) in [6.45, 7) is 3.94. The van der Waals surface area contributed by atoms with Crippen LogP contribution in [0.5, 0.6) is 0 Å². The molecule has 9 heavy (non-hydrogen) atoms. The summed E-state index contributed by atoms with van der Waals surface area (Å²) in [5.74, 6) is 0. The molecule has 0 saturated carbocycles. The van der Waals surface area contributed by atoms with E-state index in [0.29, 0.717) is 0 Å². The molecule has 0 heterocycles. The Balaban J connectivity index is 3.01. The highest BCUT2D eigenvalue weighted by molar-refractivity contribution is 6.54. The van der Waals surface area contributed by atoms with E-state index in [4.69, 9.17) is 9.22 Å². The third kappa shape index (κ3) is 7.66. The fourth-order valence-corrected chi connectivity index (χ4v) is 1.68. The highest BCUT2D eigenvalue weighted by atomic mass is 28.4. The zero-order valence-corrected chi connectivity index (χ0v) is 8.03. The van der Waals surface area contributed by atoms with Crippen molar-refractivity contribution in [3.05, 3.63) is 0 Å². The molecular formula is C3H10O4Si2. The van der Waals surface area contributed by atoms with Gasteiger partial charge in [0.1, 0.15) is 0 Å². The van der Waals surface area contributed by atoms with Gasteiger partial charge in [0, 0.05) is 0 Å². The van der Waals surface area contributed by atoms with Gasteiger partial charge in [0.15, 0.2) is 9.04 Å². The maximum Gasteiger partial charge on any atom is 0.493 e. The van der Waals surface area contributed by atoms with Crippen LogP contribution in [0.1, 0.15) is 0 Å². The summed E-state index contributed by atoms with van der Waals surface area (Å²) in [6, 6.07) is 0. The van der Waals surface area contributed by atoms with Crippen LogP contribution < -0.4 is 0 Å². The Morgan fingerprint density at radius 1 is 1.67 bits per heavy atom.